The molecular formula is C10H13Na2O4P. The van der Waals surface area contributed by atoms with Crippen molar-refractivity contribution in [2.24, 2.45) is 0 Å². The van der Waals surface area contributed by atoms with E-state index in [4.69, 9.17) is 0 Å². The van der Waals surface area contributed by atoms with Gasteiger partial charge in [-0.1, -0.05) is 26.0 Å². The van der Waals surface area contributed by atoms with Crippen LogP contribution < -0.4 is 73.4 Å². The van der Waals surface area contributed by atoms with Crippen molar-refractivity contribution < 1.29 is 78.0 Å². The second kappa shape index (κ2) is 8.36. The van der Waals surface area contributed by atoms with Gasteiger partial charge in [-0.05, 0) is 30.0 Å². The van der Waals surface area contributed by atoms with Gasteiger partial charge in [0.2, 0.25) is 0 Å². The molecule has 0 spiro atoms. The Morgan fingerprint density at radius 2 is 1.76 bits per heavy atom. The fourth-order valence-corrected chi connectivity index (χ4v) is 1.63. The van der Waals surface area contributed by atoms with Crippen molar-refractivity contribution >= 4 is 7.82 Å². The zero-order valence-electron chi connectivity index (χ0n) is 10.9. The monoisotopic (exact) mass is 274 g/mol. The van der Waals surface area contributed by atoms with Gasteiger partial charge >= 0.3 is 59.1 Å². The van der Waals surface area contributed by atoms with Gasteiger partial charge in [0.1, 0.15) is 13.6 Å². The van der Waals surface area contributed by atoms with Gasteiger partial charge in [0.05, 0.1) is 0 Å². The van der Waals surface area contributed by atoms with Gasteiger partial charge in [0.15, 0.2) is 0 Å². The fourth-order valence-electron chi connectivity index (χ4n) is 1.19. The molecule has 84 valence electrons. The first kappa shape index (κ1) is 20.5. The van der Waals surface area contributed by atoms with Gasteiger partial charge in [0.25, 0.3) is 0 Å². The maximum atomic E-state index is 10.5. The van der Waals surface area contributed by atoms with Crippen molar-refractivity contribution in [3.05, 3.63) is 29.3 Å². The van der Waals surface area contributed by atoms with Gasteiger partial charge in [-0.15, -0.1) is 0 Å². The summed E-state index contributed by atoms with van der Waals surface area (Å²) in [5.41, 5.74) is 1.57. The first-order chi connectivity index (χ1) is 6.79. The van der Waals surface area contributed by atoms with Gasteiger partial charge in [-0.2, -0.15) is 0 Å². The van der Waals surface area contributed by atoms with Crippen molar-refractivity contribution in [3.8, 4) is 5.75 Å². The molecule has 0 saturated carbocycles. The average molecular weight is 274 g/mol. The van der Waals surface area contributed by atoms with Crippen molar-refractivity contribution in [2.75, 3.05) is 0 Å². The zero-order valence-corrected chi connectivity index (χ0v) is 15.8. The normalized spacial score (nSPS) is 10.5. The second-order valence-electron chi connectivity index (χ2n) is 3.72. The summed E-state index contributed by atoms with van der Waals surface area (Å²) in [7, 11) is -4.96. The standard InChI is InChI=1S/C10H15O4P.2Na/c1-7(2)9-5-4-8(3)10(6-9)14-15(11,12)13;;/h4-7H,1-3H3,(H2,11,12,13);;/q;2*+1/p-2. The molecule has 0 aromatic heterocycles. The van der Waals surface area contributed by atoms with Crippen LogP contribution in [0, 0.1) is 6.92 Å². The summed E-state index contributed by atoms with van der Waals surface area (Å²) < 4.78 is 14.9. The Bertz CT molecular complexity index is 403. The first-order valence-corrected chi connectivity index (χ1v) is 6.08. The number of hydrogen-bond acceptors (Lipinski definition) is 4. The maximum absolute atomic E-state index is 10.5. The summed E-state index contributed by atoms with van der Waals surface area (Å²) in [6.45, 7) is 5.64. The number of rotatable bonds is 3. The minimum atomic E-state index is -4.96. The van der Waals surface area contributed by atoms with Gasteiger partial charge in [-0.25, -0.2) is 0 Å². The van der Waals surface area contributed by atoms with Crippen LogP contribution in [0.15, 0.2) is 18.2 Å². The predicted molar refractivity (Wildman–Crippen MR) is 53.5 cm³/mol. The Kier molecular flexibility index (Phi) is 10.1. The number of benzene rings is 1. The molecule has 0 fully saturated rings. The third-order valence-electron chi connectivity index (χ3n) is 2.09. The second-order valence-corrected chi connectivity index (χ2v) is 4.80. The van der Waals surface area contributed by atoms with E-state index in [1.807, 2.05) is 19.9 Å². The summed E-state index contributed by atoms with van der Waals surface area (Å²) in [6.07, 6.45) is 0. The van der Waals surface area contributed by atoms with E-state index in [9.17, 15) is 14.4 Å². The van der Waals surface area contributed by atoms with Crippen LogP contribution in [0.2, 0.25) is 0 Å². The number of hydrogen-bond donors (Lipinski definition) is 0. The summed E-state index contributed by atoms with van der Waals surface area (Å²) in [6, 6.07) is 5.20. The molecule has 4 nitrogen and oxygen atoms in total. The minimum absolute atomic E-state index is 0. The molecule has 0 bridgehead atoms. The van der Waals surface area contributed by atoms with Crippen molar-refractivity contribution in [2.45, 2.75) is 26.7 Å². The Labute approximate surface area is 146 Å². The third kappa shape index (κ3) is 7.36. The number of aryl methyl sites for hydroxylation is 1. The van der Waals surface area contributed by atoms with Crippen LogP contribution in [0.1, 0.15) is 30.9 Å². The van der Waals surface area contributed by atoms with Gasteiger partial charge in [0, 0.05) is 0 Å². The van der Waals surface area contributed by atoms with E-state index >= 15 is 0 Å². The van der Waals surface area contributed by atoms with Crippen molar-refractivity contribution in [1.82, 2.24) is 0 Å². The average Bonchev–Trinajstić information content (AvgIpc) is 2.06. The SMILES string of the molecule is Cc1ccc(C(C)C)cc1OP(=O)([O-])[O-].[Na+].[Na+]. The Hall–Kier alpha value is 1.17. The Balaban J connectivity index is 0. The summed E-state index contributed by atoms with van der Waals surface area (Å²) in [4.78, 5) is 21.0. The third-order valence-corrected chi connectivity index (χ3v) is 2.51. The van der Waals surface area contributed by atoms with E-state index < -0.39 is 7.82 Å². The van der Waals surface area contributed by atoms with Crippen LogP contribution >= 0.6 is 7.82 Å². The fraction of sp³-hybridized carbons (Fsp3) is 0.400. The van der Waals surface area contributed by atoms with Gasteiger partial charge < -0.3 is 18.9 Å². The molecule has 1 rings (SSSR count). The van der Waals surface area contributed by atoms with E-state index in [1.165, 1.54) is 0 Å². The smallest absolute Gasteiger partial charge is 0.780 e. The quantitative estimate of drug-likeness (QED) is 0.410. The molecule has 0 aliphatic heterocycles. The van der Waals surface area contributed by atoms with E-state index in [2.05, 4.69) is 4.52 Å². The molecule has 0 radical (unpaired) electrons. The van der Waals surface area contributed by atoms with Crippen LogP contribution in [0.25, 0.3) is 0 Å². The zero-order chi connectivity index (χ0) is 11.6. The first-order valence-electron chi connectivity index (χ1n) is 4.62. The molecule has 0 aliphatic carbocycles. The van der Waals surface area contributed by atoms with Crippen LogP contribution in [-0.2, 0) is 4.57 Å². The molecule has 7 heteroatoms. The molecule has 1 aromatic rings. The molecule has 0 aliphatic rings. The maximum Gasteiger partial charge on any atom is 1.00 e. The van der Waals surface area contributed by atoms with Gasteiger partial charge in [-0.3, -0.25) is 0 Å². The van der Waals surface area contributed by atoms with E-state index in [-0.39, 0.29) is 70.8 Å². The molecule has 0 saturated heterocycles. The topological polar surface area (TPSA) is 72.4 Å². The molecule has 1 aromatic carbocycles. The van der Waals surface area contributed by atoms with Crippen LogP contribution in [0.3, 0.4) is 0 Å². The molecule has 0 N–H and O–H groups in total. The van der Waals surface area contributed by atoms with E-state index in [1.54, 1.807) is 19.1 Å². The molecule has 0 heterocycles. The van der Waals surface area contributed by atoms with E-state index in [0.717, 1.165) is 5.56 Å². The number of phosphoric ester groups is 1. The summed E-state index contributed by atoms with van der Waals surface area (Å²) >= 11 is 0. The van der Waals surface area contributed by atoms with Crippen LogP contribution in [0.4, 0.5) is 0 Å². The van der Waals surface area contributed by atoms with Crippen LogP contribution in [0.5, 0.6) is 5.75 Å². The van der Waals surface area contributed by atoms with Crippen molar-refractivity contribution in [3.63, 3.8) is 0 Å². The Morgan fingerprint density at radius 1 is 1.24 bits per heavy atom. The molecule has 0 amide bonds. The Morgan fingerprint density at radius 3 is 2.18 bits per heavy atom. The summed E-state index contributed by atoms with van der Waals surface area (Å²) in [5.74, 6) is 0.375. The molecule has 17 heavy (non-hydrogen) atoms. The molecule has 0 atom stereocenters. The summed E-state index contributed by atoms with van der Waals surface area (Å²) in [5, 5.41) is 0. The van der Waals surface area contributed by atoms with Crippen LogP contribution in [-0.4, -0.2) is 0 Å². The number of phosphoric acid groups is 1. The van der Waals surface area contributed by atoms with Crippen molar-refractivity contribution in [1.29, 1.82) is 0 Å². The molecular weight excluding hydrogens is 261 g/mol. The minimum Gasteiger partial charge on any atom is -0.780 e. The molecule has 0 unspecified atom stereocenters. The van der Waals surface area contributed by atoms with E-state index in [0.29, 0.717) is 5.56 Å². The predicted octanol–water partition coefficient (Wildman–Crippen LogP) is -4.67. The largest absolute Gasteiger partial charge is 1.00 e.